The molecule has 1 fully saturated rings. The van der Waals surface area contributed by atoms with Gasteiger partial charge in [-0.2, -0.15) is 0 Å². The molecule has 2 aromatic carbocycles. The summed E-state index contributed by atoms with van der Waals surface area (Å²) in [6.45, 7) is 2.74. The minimum Gasteiger partial charge on any atom is -0.371 e. The van der Waals surface area contributed by atoms with Crippen LogP contribution in [-0.4, -0.2) is 47.0 Å². The fourth-order valence-corrected chi connectivity index (χ4v) is 3.86. The Morgan fingerprint density at radius 3 is 2.70 bits per heavy atom. The smallest absolute Gasteiger partial charge is 0.326 e. The number of nitrogens with zero attached hydrogens (tertiary/aromatic N) is 3. The van der Waals surface area contributed by atoms with Crippen LogP contribution >= 0.6 is 0 Å². The maximum Gasteiger partial charge on any atom is 0.326 e. The number of aromatic nitrogens is 2. The molecule has 1 saturated heterocycles. The number of aromatic amines is 1. The van der Waals surface area contributed by atoms with Gasteiger partial charge in [0.15, 0.2) is 0 Å². The Kier molecular flexibility index (Phi) is 4.71. The molecule has 1 unspecified atom stereocenters. The number of H-pyrrole nitrogens is 1. The summed E-state index contributed by atoms with van der Waals surface area (Å²) in [5.74, 6) is 0.402. The van der Waals surface area contributed by atoms with E-state index >= 15 is 0 Å². The molecule has 140 valence electrons. The fraction of sp³-hybridized carbons (Fsp3) is 0.333. The molecule has 1 aliphatic rings. The first-order chi connectivity index (χ1) is 13.1. The van der Waals surface area contributed by atoms with Crippen molar-refractivity contribution in [2.45, 2.75) is 13.0 Å². The maximum atomic E-state index is 12.7. The zero-order valence-electron chi connectivity index (χ0n) is 15.5. The van der Waals surface area contributed by atoms with Crippen molar-refractivity contribution in [2.24, 2.45) is 5.92 Å². The van der Waals surface area contributed by atoms with Gasteiger partial charge in [0.25, 0.3) is 0 Å². The molecular formula is C21H24N4O2. The molecular weight excluding hydrogens is 340 g/mol. The van der Waals surface area contributed by atoms with Crippen molar-refractivity contribution >= 4 is 22.6 Å². The number of carbonyl (C=O) groups is 1. The predicted octanol–water partition coefficient (Wildman–Crippen LogP) is 2.31. The Bertz CT molecular complexity index is 992. The molecule has 27 heavy (non-hydrogen) atoms. The molecule has 0 saturated carbocycles. The lowest BCUT2D eigenvalue weighted by Crippen LogP contribution is -2.37. The van der Waals surface area contributed by atoms with Gasteiger partial charge in [0, 0.05) is 32.4 Å². The van der Waals surface area contributed by atoms with Crippen LogP contribution in [0.4, 0.5) is 5.69 Å². The van der Waals surface area contributed by atoms with Crippen LogP contribution in [0.3, 0.4) is 0 Å². The van der Waals surface area contributed by atoms with Gasteiger partial charge in [-0.3, -0.25) is 9.36 Å². The van der Waals surface area contributed by atoms with Crippen molar-refractivity contribution < 1.29 is 4.79 Å². The second-order valence-corrected chi connectivity index (χ2v) is 7.24. The van der Waals surface area contributed by atoms with E-state index in [0.29, 0.717) is 12.5 Å². The van der Waals surface area contributed by atoms with Crippen molar-refractivity contribution in [3.8, 4) is 0 Å². The highest BCUT2D eigenvalue weighted by Gasteiger charge is 2.25. The first kappa shape index (κ1) is 17.4. The Balaban J connectivity index is 1.38. The average Bonchev–Trinajstić information content (AvgIpc) is 3.27. The number of imidazole rings is 1. The quantitative estimate of drug-likeness (QED) is 0.756. The first-order valence-electron chi connectivity index (χ1n) is 9.33. The van der Waals surface area contributed by atoms with Crippen LogP contribution in [0.5, 0.6) is 0 Å². The van der Waals surface area contributed by atoms with E-state index in [1.165, 1.54) is 10.3 Å². The standard InChI is InChI=1S/C21H24N4O2/c1-23(13-16-11-12-24(14-16)17-7-3-2-4-8-17)20(26)15-25-19-10-6-5-9-18(19)22-21(25)27/h2-10,16H,11-15H2,1H3,(H,22,27). The lowest BCUT2D eigenvalue weighted by molar-refractivity contribution is -0.131. The van der Waals surface area contributed by atoms with Crippen LogP contribution in [0.2, 0.25) is 0 Å². The van der Waals surface area contributed by atoms with Gasteiger partial charge in [0.05, 0.1) is 11.0 Å². The molecule has 6 nitrogen and oxygen atoms in total. The molecule has 1 aliphatic heterocycles. The van der Waals surface area contributed by atoms with Gasteiger partial charge in [0.1, 0.15) is 6.54 Å². The predicted molar refractivity (Wildman–Crippen MR) is 107 cm³/mol. The zero-order chi connectivity index (χ0) is 18.8. The molecule has 3 aromatic rings. The number of hydrogen-bond acceptors (Lipinski definition) is 3. The van der Waals surface area contributed by atoms with E-state index in [1.54, 1.807) is 4.90 Å². The maximum absolute atomic E-state index is 12.7. The third kappa shape index (κ3) is 3.60. The number of hydrogen-bond donors (Lipinski definition) is 1. The first-order valence-corrected chi connectivity index (χ1v) is 9.33. The third-order valence-electron chi connectivity index (χ3n) is 5.34. The van der Waals surface area contributed by atoms with Crippen LogP contribution < -0.4 is 10.6 Å². The van der Waals surface area contributed by atoms with E-state index in [0.717, 1.165) is 30.5 Å². The highest BCUT2D eigenvalue weighted by molar-refractivity contribution is 5.80. The van der Waals surface area contributed by atoms with E-state index in [-0.39, 0.29) is 18.1 Å². The van der Waals surface area contributed by atoms with Crippen molar-refractivity contribution in [2.75, 3.05) is 31.6 Å². The van der Waals surface area contributed by atoms with Crippen molar-refractivity contribution in [1.82, 2.24) is 14.5 Å². The fourth-order valence-electron chi connectivity index (χ4n) is 3.86. The summed E-state index contributed by atoms with van der Waals surface area (Å²) in [5.41, 5.74) is 2.51. The van der Waals surface area contributed by atoms with E-state index in [2.05, 4.69) is 34.1 Å². The summed E-state index contributed by atoms with van der Waals surface area (Å²) in [4.78, 5) is 31.8. The van der Waals surface area contributed by atoms with Gasteiger partial charge in [-0.05, 0) is 36.6 Å². The van der Waals surface area contributed by atoms with E-state index in [1.807, 2.05) is 37.4 Å². The van der Waals surface area contributed by atoms with Crippen molar-refractivity contribution in [3.05, 3.63) is 65.1 Å². The van der Waals surface area contributed by atoms with Crippen LogP contribution in [0, 0.1) is 5.92 Å². The second kappa shape index (κ2) is 7.31. The number of likely N-dealkylation sites (N-methyl/N-ethyl adjacent to an activating group) is 1. The molecule has 4 rings (SSSR count). The van der Waals surface area contributed by atoms with Crippen LogP contribution in [0.25, 0.3) is 11.0 Å². The third-order valence-corrected chi connectivity index (χ3v) is 5.34. The van der Waals surface area contributed by atoms with Gasteiger partial charge < -0.3 is 14.8 Å². The normalized spacial score (nSPS) is 16.8. The molecule has 0 bridgehead atoms. The number of fused-ring (bicyclic) bond motifs is 1. The largest absolute Gasteiger partial charge is 0.371 e. The monoisotopic (exact) mass is 364 g/mol. The van der Waals surface area contributed by atoms with Crippen LogP contribution in [0.15, 0.2) is 59.4 Å². The van der Waals surface area contributed by atoms with Crippen LogP contribution in [0.1, 0.15) is 6.42 Å². The summed E-state index contributed by atoms with van der Waals surface area (Å²) < 4.78 is 1.51. The molecule has 2 heterocycles. The number of benzene rings is 2. The van der Waals surface area contributed by atoms with E-state index in [9.17, 15) is 9.59 Å². The molecule has 1 atom stereocenters. The number of amides is 1. The second-order valence-electron chi connectivity index (χ2n) is 7.24. The SMILES string of the molecule is CN(CC1CCN(c2ccccc2)C1)C(=O)Cn1c(=O)[nH]c2ccccc21. The van der Waals surface area contributed by atoms with Gasteiger partial charge in [-0.25, -0.2) is 4.79 Å². The van der Waals surface area contributed by atoms with Gasteiger partial charge in [-0.15, -0.1) is 0 Å². The Morgan fingerprint density at radius 1 is 1.15 bits per heavy atom. The van der Waals surface area contributed by atoms with Gasteiger partial charge in [-0.1, -0.05) is 30.3 Å². The number of rotatable bonds is 5. The number of para-hydroxylation sites is 3. The van der Waals surface area contributed by atoms with E-state index in [4.69, 9.17) is 0 Å². The molecule has 1 N–H and O–H groups in total. The molecule has 0 radical (unpaired) electrons. The lowest BCUT2D eigenvalue weighted by Gasteiger charge is -2.23. The summed E-state index contributed by atoms with van der Waals surface area (Å²) >= 11 is 0. The van der Waals surface area contributed by atoms with E-state index < -0.39 is 0 Å². The number of carbonyl (C=O) groups excluding carboxylic acids is 1. The minimum absolute atomic E-state index is 0.0417. The average molecular weight is 364 g/mol. The lowest BCUT2D eigenvalue weighted by atomic mass is 10.1. The highest BCUT2D eigenvalue weighted by Crippen LogP contribution is 2.24. The summed E-state index contributed by atoms with van der Waals surface area (Å²) in [7, 11) is 1.83. The van der Waals surface area contributed by atoms with Gasteiger partial charge in [0.2, 0.25) is 5.91 Å². The highest BCUT2D eigenvalue weighted by atomic mass is 16.2. The molecule has 6 heteroatoms. The summed E-state index contributed by atoms with van der Waals surface area (Å²) in [5, 5.41) is 0. The number of anilines is 1. The summed E-state index contributed by atoms with van der Waals surface area (Å²) in [6.07, 6.45) is 1.07. The van der Waals surface area contributed by atoms with Crippen molar-refractivity contribution in [1.29, 1.82) is 0 Å². The summed E-state index contributed by atoms with van der Waals surface area (Å²) in [6, 6.07) is 17.8. The molecule has 0 spiro atoms. The zero-order valence-corrected chi connectivity index (χ0v) is 15.5. The van der Waals surface area contributed by atoms with Crippen molar-refractivity contribution in [3.63, 3.8) is 0 Å². The number of nitrogens with one attached hydrogen (secondary N) is 1. The topological polar surface area (TPSA) is 61.3 Å². The molecule has 1 aromatic heterocycles. The van der Waals surface area contributed by atoms with Gasteiger partial charge >= 0.3 is 5.69 Å². The minimum atomic E-state index is -0.242. The molecule has 0 aliphatic carbocycles. The molecule has 1 amide bonds. The van der Waals surface area contributed by atoms with Crippen LogP contribution in [-0.2, 0) is 11.3 Å². The Hall–Kier alpha value is -3.02. The Labute approximate surface area is 158 Å². The Morgan fingerprint density at radius 2 is 1.89 bits per heavy atom.